The van der Waals surface area contributed by atoms with E-state index in [4.69, 9.17) is 18.0 Å². The second kappa shape index (κ2) is 5.53. The molecule has 1 nitrogen and oxygen atoms in total. The molecule has 0 radical (unpaired) electrons. The molecule has 0 aliphatic heterocycles. The zero-order chi connectivity index (χ0) is 10.6. The van der Waals surface area contributed by atoms with Gasteiger partial charge in [-0.25, -0.2) is 4.39 Å². The van der Waals surface area contributed by atoms with Crippen LogP contribution in [-0.2, 0) is 6.42 Å². The van der Waals surface area contributed by atoms with Crippen LogP contribution in [0.5, 0.6) is 0 Å². The number of rotatable bonds is 4. The predicted octanol–water partition coefficient (Wildman–Crippen LogP) is 2.85. The smallest absolute Gasteiger partial charge is 0.123 e. The van der Waals surface area contributed by atoms with E-state index in [2.05, 4.69) is 15.9 Å². The Hall–Kier alpha value is -0.320. The quantitative estimate of drug-likeness (QED) is 0.856. The van der Waals surface area contributed by atoms with Gasteiger partial charge in [-0.05, 0) is 36.6 Å². The molecule has 2 N–H and O–H groups in total. The second-order valence-electron chi connectivity index (χ2n) is 2.98. The first kappa shape index (κ1) is 11.8. The Morgan fingerprint density at radius 3 is 2.86 bits per heavy atom. The van der Waals surface area contributed by atoms with Gasteiger partial charge in [0.1, 0.15) is 5.82 Å². The third kappa shape index (κ3) is 3.44. The molecule has 0 saturated heterocycles. The Bertz CT molecular complexity index is 341. The van der Waals surface area contributed by atoms with Crippen molar-refractivity contribution in [3.05, 3.63) is 34.1 Å². The van der Waals surface area contributed by atoms with Crippen LogP contribution in [0.4, 0.5) is 4.39 Å². The fraction of sp³-hybridized carbons (Fsp3) is 0.300. The van der Waals surface area contributed by atoms with Gasteiger partial charge in [0, 0.05) is 15.9 Å². The van der Waals surface area contributed by atoms with Crippen LogP contribution in [0.1, 0.15) is 12.0 Å². The zero-order valence-electron chi connectivity index (χ0n) is 7.59. The van der Waals surface area contributed by atoms with Gasteiger partial charge < -0.3 is 5.73 Å². The third-order valence-electron chi connectivity index (χ3n) is 1.91. The molecule has 0 bridgehead atoms. The molecule has 0 aliphatic rings. The fourth-order valence-corrected chi connectivity index (χ4v) is 1.66. The summed E-state index contributed by atoms with van der Waals surface area (Å²) in [5.41, 5.74) is 6.31. The average Bonchev–Trinajstić information content (AvgIpc) is 2.19. The van der Waals surface area contributed by atoms with Crippen LogP contribution in [0.3, 0.4) is 0 Å². The van der Waals surface area contributed by atoms with Crippen LogP contribution in [0.2, 0.25) is 0 Å². The standard InChI is InChI=1S/C10H11BrFNS/c11-10-4-2-8(12)5-7(10)1-3-9(14)6-13/h2,4-5H,1,3,6,13H2. The summed E-state index contributed by atoms with van der Waals surface area (Å²) in [5.74, 6) is -0.220. The Kier molecular flexibility index (Phi) is 4.65. The summed E-state index contributed by atoms with van der Waals surface area (Å²) in [7, 11) is 0. The van der Waals surface area contributed by atoms with Gasteiger partial charge in [0.05, 0.1) is 0 Å². The summed E-state index contributed by atoms with van der Waals surface area (Å²) in [5, 5.41) is 0. The highest BCUT2D eigenvalue weighted by Gasteiger charge is 2.02. The van der Waals surface area contributed by atoms with Crippen molar-refractivity contribution in [1.29, 1.82) is 0 Å². The summed E-state index contributed by atoms with van der Waals surface area (Å²) in [6.45, 7) is 0.419. The molecule has 1 aromatic rings. The van der Waals surface area contributed by atoms with Crippen molar-refractivity contribution in [3.63, 3.8) is 0 Å². The lowest BCUT2D eigenvalue weighted by molar-refractivity contribution is 0.625. The number of benzene rings is 1. The van der Waals surface area contributed by atoms with E-state index in [1.165, 1.54) is 12.1 Å². The van der Waals surface area contributed by atoms with E-state index in [0.717, 1.165) is 27.7 Å². The van der Waals surface area contributed by atoms with Crippen molar-refractivity contribution in [2.45, 2.75) is 12.8 Å². The molecule has 0 aromatic heterocycles. The molecular formula is C10H11BrFNS. The van der Waals surface area contributed by atoms with Crippen LogP contribution < -0.4 is 5.73 Å². The molecule has 4 heteroatoms. The first-order valence-electron chi connectivity index (χ1n) is 4.29. The van der Waals surface area contributed by atoms with Gasteiger partial charge in [0.15, 0.2) is 0 Å². The number of aryl methyl sites for hydroxylation is 1. The zero-order valence-corrected chi connectivity index (χ0v) is 10.00. The van der Waals surface area contributed by atoms with Gasteiger partial charge in [0.2, 0.25) is 0 Å². The summed E-state index contributed by atoms with van der Waals surface area (Å²) in [4.78, 5) is 0.821. The van der Waals surface area contributed by atoms with Crippen molar-refractivity contribution in [2.75, 3.05) is 6.54 Å². The highest BCUT2D eigenvalue weighted by Crippen LogP contribution is 2.19. The van der Waals surface area contributed by atoms with Crippen LogP contribution in [0, 0.1) is 5.82 Å². The van der Waals surface area contributed by atoms with Crippen LogP contribution in [0.15, 0.2) is 22.7 Å². The normalized spacial score (nSPS) is 10.2. The predicted molar refractivity (Wildman–Crippen MR) is 64.1 cm³/mol. The van der Waals surface area contributed by atoms with Crippen LogP contribution in [-0.4, -0.2) is 11.4 Å². The molecule has 14 heavy (non-hydrogen) atoms. The van der Waals surface area contributed by atoms with E-state index < -0.39 is 0 Å². The minimum Gasteiger partial charge on any atom is -0.326 e. The van der Waals surface area contributed by atoms with Gasteiger partial charge in [-0.3, -0.25) is 0 Å². The Morgan fingerprint density at radius 2 is 2.21 bits per heavy atom. The molecule has 1 rings (SSSR count). The summed E-state index contributed by atoms with van der Waals surface area (Å²) in [6, 6.07) is 4.65. The molecule has 0 heterocycles. The topological polar surface area (TPSA) is 26.0 Å². The summed E-state index contributed by atoms with van der Waals surface area (Å²) >= 11 is 8.36. The van der Waals surface area contributed by atoms with Gasteiger partial charge in [-0.2, -0.15) is 0 Å². The molecule has 0 unspecified atom stereocenters. The van der Waals surface area contributed by atoms with E-state index in [1.54, 1.807) is 6.07 Å². The number of hydrogen-bond acceptors (Lipinski definition) is 2. The fourth-order valence-electron chi connectivity index (χ4n) is 1.11. The number of thiocarbonyl (C=S) groups is 1. The summed E-state index contributed by atoms with van der Waals surface area (Å²) < 4.78 is 13.8. The van der Waals surface area contributed by atoms with Crippen molar-refractivity contribution in [1.82, 2.24) is 0 Å². The lowest BCUT2D eigenvalue weighted by Gasteiger charge is -2.04. The van der Waals surface area contributed by atoms with Crippen molar-refractivity contribution >= 4 is 33.0 Å². The van der Waals surface area contributed by atoms with E-state index in [1.807, 2.05) is 0 Å². The molecular weight excluding hydrogens is 265 g/mol. The first-order valence-corrected chi connectivity index (χ1v) is 5.49. The number of hydrogen-bond donors (Lipinski definition) is 1. The molecule has 0 atom stereocenters. The number of nitrogens with two attached hydrogens (primary N) is 1. The average molecular weight is 276 g/mol. The maximum atomic E-state index is 12.9. The van der Waals surface area contributed by atoms with E-state index in [9.17, 15) is 4.39 Å². The van der Waals surface area contributed by atoms with Crippen molar-refractivity contribution < 1.29 is 4.39 Å². The second-order valence-corrected chi connectivity index (χ2v) is 4.41. The Morgan fingerprint density at radius 1 is 1.50 bits per heavy atom. The van der Waals surface area contributed by atoms with E-state index in [0.29, 0.717) is 6.54 Å². The van der Waals surface area contributed by atoms with Crippen LogP contribution in [0.25, 0.3) is 0 Å². The minimum absolute atomic E-state index is 0.220. The maximum Gasteiger partial charge on any atom is 0.123 e. The van der Waals surface area contributed by atoms with E-state index >= 15 is 0 Å². The molecule has 1 aromatic carbocycles. The van der Waals surface area contributed by atoms with Gasteiger partial charge in [0.25, 0.3) is 0 Å². The van der Waals surface area contributed by atoms with Gasteiger partial charge >= 0.3 is 0 Å². The maximum absolute atomic E-state index is 12.9. The highest BCUT2D eigenvalue weighted by atomic mass is 79.9. The molecule has 0 fully saturated rings. The van der Waals surface area contributed by atoms with E-state index in [-0.39, 0.29) is 5.82 Å². The molecule has 0 amide bonds. The van der Waals surface area contributed by atoms with Crippen LogP contribution >= 0.6 is 28.1 Å². The SMILES string of the molecule is NCC(=S)CCc1cc(F)ccc1Br. The molecule has 0 aliphatic carbocycles. The summed E-state index contributed by atoms with van der Waals surface area (Å²) in [6.07, 6.45) is 1.46. The molecule has 0 saturated carbocycles. The minimum atomic E-state index is -0.220. The molecule has 76 valence electrons. The van der Waals surface area contributed by atoms with Gasteiger partial charge in [-0.15, -0.1) is 0 Å². The number of halogens is 2. The third-order valence-corrected chi connectivity index (χ3v) is 3.05. The monoisotopic (exact) mass is 275 g/mol. The van der Waals surface area contributed by atoms with Gasteiger partial charge in [-0.1, -0.05) is 28.1 Å². The van der Waals surface area contributed by atoms with Crippen molar-refractivity contribution in [3.8, 4) is 0 Å². The Labute approximate surface area is 96.6 Å². The lowest BCUT2D eigenvalue weighted by Crippen LogP contribution is -2.11. The van der Waals surface area contributed by atoms with Crippen molar-refractivity contribution in [2.24, 2.45) is 5.73 Å². The molecule has 0 spiro atoms. The first-order chi connectivity index (χ1) is 6.63. The highest BCUT2D eigenvalue weighted by molar-refractivity contribution is 9.10. The largest absolute Gasteiger partial charge is 0.326 e. The Balaban J connectivity index is 2.66. The lowest BCUT2D eigenvalue weighted by atomic mass is 10.1.